The van der Waals surface area contributed by atoms with Gasteiger partial charge in [-0.1, -0.05) is 36.9 Å². The second kappa shape index (κ2) is 5.37. The highest BCUT2D eigenvalue weighted by atomic mass is 16.3. The zero-order chi connectivity index (χ0) is 11.3. The van der Waals surface area contributed by atoms with Crippen LogP contribution in [0.4, 0.5) is 5.69 Å². The van der Waals surface area contributed by atoms with Crippen molar-refractivity contribution in [2.45, 2.75) is 6.10 Å². The summed E-state index contributed by atoms with van der Waals surface area (Å²) in [6, 6.07) is 7.82. The molecule has 0 aliphatic heterocycles. The minimum Gasteiger partial charge on any atom is -0.384 e. The van der Waals surface area contributed by atoms with Gasteiger partial charge in [0.25, 0.3) is 0 Å². The number of hydrogen-bond acceptors (Lipinski definition) is 2. The van der Waals surface area contributed by atoms with Crippen LogP contribution in [0.2, 0.25) is 0 Å². The summed E-state index contributed by atoms with van der Waals surface area (Å²) in [4.78, 5) is 2.02. The van der Waals surface area contributed by atoms with Gasteiger partial charge < -0.3 is 10.0 Å². The Morgan fingerprint density at radius 1 is 1.27 bits per heavy atom. The Balaban J connectivity index is 2.79. The predicted molar refractivity (Wildman–Crippen MR) is 65.1 cm³/mol. The molecule has 1 aromatic rings. The van der Waals surface area contributed by atoms with E-state index in [0.717, 1.165) is 11.3 Å². The quantitative estimate of drug-likeness (QED) is 0.760. The summed E-state index contributed by atoms with van der Waals surface area (Å²) in [5, 5.41) is 9.73. The average molecular weight is 203 g/mol. The summed E-state index contributed by atoms with van der Waals surface area (Å²) in [6.45, 7) is 3.56. The van der Waals surface area contributed by atoms with Gasteiger partial charge in [0.05, 0.1) is 6.10 Å². The van der Waals surface area contributed by atoms with Crippen LogP contribution in [-0.4, -0.2) is 19.2 Å². The summed E-state index contributed by atoms with van der Waals surface area (Å²) in [5.74, 6) is 0. The molecule has 0 bridgehead atoms. The minimum absolute atomic E-state index is 0.556. The molecule has 0 fully saturated rings. The third-order valence-corrected chi connectivity index (χ3v) is 2.18. The summed E-state index contributed by atoms with van der Waals surface area (Å²) >= 11 is 0. The molecule has 2 nitrogen and oxygen atoms in total. The Kier molecular flexibility index (Phi) is 4.13. The first-order valence-corrected chi connectivity index (χ1v) is 4.89. The van der Waals surface area contributed by atoms with Crippen molar-refractivity contribution in [3.05, 3.63) is 54.6 Å². The number of benzene rings is 1. The third-order valence-electron chi connectivity index (χ3n) is 2.18. The number of aliphatic hydroxyl groups is 1. The Bertz CT molecular complexity index is 338. The van der Waals surface area contributed by atoms with Gasteiger partial charge in [-0.2, -0.15) is 0 Å². The van der Waals surface area contributed by atoms with Gasteiger partial charge in [0.15, 0.2) is 0 Å². The second-order valence-corrected chi connectivity index (χ2v) is 3.55. The number of allylic oxidation sites excluding steroid dienone is 2. The van der Waals surface area contributed by atoms with E-state index >= 15 is 0 Å². The van der Waals surface area contributed by atoms with Crippen LogP contribution in [0.5, 0.6) is 0 Å². The number of nitrogens with zero attached hydrogens (tertiary/aromatic N) is 1. The lowest BCUT2D eigenvalue weighted by Gasteiger charge is -2.13. The smallest absolute Gasteiger partial charge is 0.0974 e. The highest BCUT2D eigenvalue weighted by Gasteiger charge is 2.02. The van der Waals surface area contributed by atoms with Crippen LogP contribution in [0, 0.1) is 0 Å². The van der Waals surface area contributed by atoms with Crippen LogP contribution < -0.4 is 4.90 Å². The van der Waals surface area contributed by atoms with Crippen LogP contribution >= 0.6 is 0 Å². The maximum absolute atomic E-state index is 9.73. The van der Waals surface area contributed by atoms with Crippen molar-refractivity contribution in [1.29, 1.82) is 0 Å². The first kappa shape index (κ1) is 11.5. The van der Waals surface area contributed by atoms with E-state index in [0.29, 0.717) is 0 Å². The Morgan fingerprint density at radius 2 is 1.87 bits per heavy atom. The van der Waals surface area contributed by atoms with E-state index in [4.69, 9.17) is 0 Å². The molecular weight excluding hydrogens is 186 g/mol. The molecule has 1 unspecified atom stereocenters. The summed E-state index contributed by atoms with van der Waals surface area (Å²) in [7, 11) is 3.98. The number of hydrogen-bond donors (Lipinski definition) is 1. The molecule has 0 spiro atoms. The average Bonchev–Trinajstić information content (AvgIpc) is 2.26. The van der Waals surface area contributed by atoms with Crippen molar-refractivity contribution in [2.24, 2.45) is 0 Å². The van der Waals surface area contributed by atoms with Crippen molar-refractivity contribution in [3.63, 3.8) is 0 Å². The van der Waals surface area contributed by atoms with E-state index in [-0.39, 0.29) is 0 Å². The van der Waals surface area contributed by atoms with Gasteiger partial charge >= 0.3 is 0 Å². The lowest BCUT2D eigenvalue weighted by molar-refractivity contribution is 0.228. The van der Waals surface area contributed by atoms with Gasteiger partial charge in [0.2, 0.25) is 0 Å². The lowest BCUT2D eigenvalue weighted by atomic mass is 10.1. The van der Waals surface area contributed by atoms with Crippen molar-refractivity contribution >= 4 is 5.69 Å². The minimum atomic E-state index is -0.556. The van der Waals surface area contributed by atoms with Crippen molar-refractivity contribution < 1.29 is 5.11 Å². The first-order chi connectivity index (χ1) is 7.15. The van der Waals surface area contributed by atoms with Crippen LogP contribution in [-0.2, 0) is 0 Å². The van der Waals surface area contributed by atoms with E-state index in [1.807, 2.05) is 43.3 Å². The van der Waals surface area contributed by atoms with Crippen LogP contribution in [0.1, 0.15) is 11.7 Å². The molecule has 0 heterocycles. The first-order valence-electron chi connectivity index (χ1n) is 4.89. The summed E-state index contributed by atoms with van der Waals surface area (Å²) in [5.41, 5.74) is 2.01. The number of rotatable bonds is 4. The highest BCUT2D eigenvalue weighted by molar-refractivity contribution is 5.46. The molecule has 1 rings (SSSR count). The Morgan fingerprint density at radius 3 is 2.33 bits per heavy atom. The SMILES string of the molecule is C=CC=CC(O)c1ccc(N(C)C)cc1. The van der Waals surface area contributed by atoms with E-state index in [9.17, 15) is 5.11 Å². The molecule has 0 aromatic heterocycles. The molecule has 1 atom stereocenters. The molecule has 15 heavy (non-hydrogen) atoms. The van der Waals surface area contributed by atoms with Crippen LogP contribution in [0.15, 0.2) is 49.1 Å². The molecule has 1 N–H and O–H groups in total. The Labute approximate surface area is 91.2 Å². The fraction of sp³-hybridized carbons (Fsp3) is 0.231. The lowest BCUT2D eigenvalue weighted by Crippen LogP contribution is -2.08. The van der Waals surface area contributed by atoms with E-state index in [2.05, 4.69) is 6.58 Å². The Hall–Kier alpha value is -1.54. The predicted octanol–water partition coefficient (Wildman–Crippen LogP) is 2.53. The fourth-order valence-electron chi connectivity index (χ4n) is 1.26. The molecular formula is C13H17NO. The van der Waals surface area contributed by atoms with Crippen LogP contribution in [0.3, 0.4) is 0 Å². The van der Waals surface area contributed by atoms with E-state index in [1.165, 1.54) is 0 Å². The molecule has 2 heteroatoms. The van der Waals surface area contributed by atoms with Crippen LogP contribution in [0.25, 0.3) is 0 Å². The molecule has 0 saturated carbocycles. The van der Waals surface area contributed by atoms with Crippen molar-refractivity contribution in [2.75, 3.05) is 19.0 Å². The molecule has 1 aromatic carbocycles. The molecule has 0 aliphatic rings. The van der Waals surface area contributed by atoms with E-state index in [1.54, 1.807) is 18.2 Å². The highest BCUT2D eigenvalue weighted by Crippen LogP contribution is 2.18. The normalized spacial score (nSPS) is 12.7. The van der Waals surface area contributed by atoms with Gasteiger partial charge in [0.1, 0.15) is 0 Å². The van der Waals surface area contributed by atoms with Gasteiger partial charge in [-0.25, -0.2) is 0 Å². The molecule has 0 saturated heterocycles. The maximum atomic E-state index is 9.73. The number of aliphatic hydroxyl groups excluding tert-OH is 1. The van der Waals surface area contributed by atoms with Gasteiger partial charge in [-0.3, -0.25) is 0 Å². The van der Waals surface area contributed by atoms with E-state index < -0.39 is 6.10 Å². The monoisotopic (exact) mass is 203 g/mol. The zero-order valence-electron chi connectivity index (χ0n) is 9.22. The van der Waals surface area contributed by atoms with Crippen molar-refractivity contribution in [3.8, 4) is 0 Å². The number of anilines is 1. The third kappa shape index (κ3) is 3.26. The summed E-state index contributed by atoms with van der Waals surface area (Å²) < 4.78 is 0. The molecule has 80 valence electrons. The van der Waals surface area contributed by atoms with Gasteiger partial charge in [0, 0.05) is 19.8 Å². The molecule has 0 aliphatic carbocycles. The maximum Gasteiger partial charge on any atom is 0.0974 e. The second-order valence-electron chi connectivity index (χ2n) is 3.55. The summed E-state index contributed by atoms with van der Waals surface area (Å²) in [6.07, 6.45) is 4.54. The van der Waals surface area contributed by atoms with Gasteiger partial charge in [-0.15, -0.1) is 0 Å². The molecule has 0 amide bonds. The topological polar surface area (TPSA) is 23.5 Å². The fourth-order valence-corrected chi connectivity index (χ4v) is 1.26. The largest absolute Gasteiger partial charge is 0.384 e. The molecule has 0 radical (unpaired) electrons. The zero-order valence-corrected chi connectivity index (χ0v) is 9.22. The van der Waals surface area contributed by atoms with Gasteiger partial charge in [-0.05, 0) is 17.7 Å². The van der Waals surface area contributed by atoms with Crippen molar-refractivity contribution in [1.82, 2.24) is 0 Å². The standard InChI is InChI=1S/C13H17NO/c1-4-5-6-13(15)11-7-9-12(10-8-11)14(2)3/h4-10,13,15H,1H2,2-3H3.